The summed E-state index contributed by atoms with van der Waals surface area (Å²) in [5.41, 5.74) is 0.543. The molecule has 0 radical (unpaired) electrons. The molecule has 0 aliphatic rings. The summed E-state index contributed by atoms with van der Waals surface area (Å²) in [6.07, 6.45) is 0.886. The lowest BCUT2D eigenvalue weighted by Gasteiger charge is -2.13. The summed E-state index contributed by atoms with van der Waals surface area (Å²) in [4.78, 5) is 12.0. The van der Waals surface area contributed by atoms with Crippen LogP contribution in [0.2, 0.25) is 0 Å². The molecule has 0 atom stereocenters. The van der Waals surface area contributed by atoms with Gasteiger partial charge in [0.1, 0.15) is 0 Å². The van der Waals surface area contributed by atoms with Crippen molar-refractivity contribution in [2.24, 2.45) is 0 Å². The molecule has 20 heavy (non-hydrogen) atoms. The van der Waals surface area contributed by atoms with Crippen LogP contribution < -0.4 is 20.1 Å². The van der Waals surface area contributed by atoms with E-state index >= 15 is 0 Å². The number of nitrogens with one attached hydrogen (secondary N) is 2. The monoisotopic (exact) mass is 344 g/mol. The molecular weight excluding hydrogens is 324 g/mol. The highest BCUT2D eigenvalue weighted by atomic mass is 79.9. The van der Waals surface area contributed by atoms with Crippen LogP contribution in [0.4, 0.5) is 0 Å². The second-order valence-corrected chi connectivity index (χ2v) is 4.99. The van der Waals surface area contributed by atoms with Crippen molar-refractivity contribution >= 4 is 21.8 Å². The first-order chi connectivity index (χ1) is 9.63. The lowest BCUT2D eigenvalue weighted by atomic mass is 10.2. The molecule has 0 saturated heterocycles. The Bertz CT molecular complexity index is 452. The fourth-order valence-electron chi connectivity index (χ4n) is 1.70. The van der Waals surface area contributed by atoms with E-state index < -0.39 is 0 Å². The van der Waals surface area contributed by atoms with E-state index in [1.807, 2.05) is 14.0 Å². The minimum atomic E-state index is -0.122. The average molecular weight is 345 g/mol. The number of hydrogen-bond acceptors (Lipinski definition) is 4. The van der Waals surface area contributed by atoms with Crippen molar-refractivity contribution in [2.45, 2.75) is 13.3 Å². The molecule has 1 rings (SSSR count). The van der Waals surface area contributed by atoms with Crippen LogP contribution in [0, 0.1) is 0 Å². The van der Waals surface area contributed by atoms with Crippen LogP contribution in [-0.2, 0) is 0 Å². The fraction of sp³-hybridized carbons (Fsp3) is 0.500. The van der Waals surface area contributed by atoms with Crippen LogP contribution in [0.3, 0.4) is 0 Å². The zero-order valence-corrected chi connectivity index (χ0v) is 13.7. The van der Waals surface area contributed by atoms with Gasteiger partial charge in [0.05, 0.1) is 18.2 Å². The fourth-order valence-corrected chi connectivity index (χ4v) is 2.26. The Morgan fingerprint density at radius 2 is 2.10 bits per heavy atom. The molecule has 6 heteroatoms. The van der Waals surface area contributed by atoms with Gasteiger partial charge < -0.3 is 20.1 Å². The van der Waals surface area contributed by atoms with Crippen molar-refractivity contribution in [3.8, 4) is 11.5 Å². The van der Waals surface area contributed by atoms with E-state index in [1.165, 1.54) is 0 Å². The van der Waals surface area contributed by atoms with E-state index in [-0.39, 0.29) is 5.91 Å². The van der Waals surface area contributed by atoms with Gasteiger partial charge in [-0.15, -0.1) is 0 Å². The third-order valence-corrected chi connectivity index (χ3v) is 3.26. The molecule has 0 fully saturated rings. The second-order valence-electron chi connectivity index (χ2n) is 4.14. The van der Waals surface area contributed by atoms with Gasteiger partial charge in [0, 0.05) is 12.1 Å². The number of halogens is 1. The molecule has 0 aliphatic carbocycles. The summed E-state index contributed by atoms with van der Waals surface area (Å²) in [7, 11) is 3.44. The molecule has 112 valence electrons. The number of ether oxygens (including phenoxy) is 2. The van der Waals surface area contributed by atoms with Gasteiger partial charge in [-0.1, -0.05) is 0 Å². The molecule has 0 aromatic heterocycles. The number of hydrogen-bond donors (Lipinski definition) is 2. The summed E-state index contributed by atoms with van der Waals surface area (Å²) < 4.78 is 11.5. The quantitative estimate of drug-likeness (QED) is 0.709. The predicted octanol–water partition coefficient (Wildman–Crippen LogP) is 2.20. The number of amides is 1. The Balaban J connectivity index is 2.80. The van der Waals surface area contributed by atoms with Gasteiger partial charge in [-0.2, -0.15) is 0 Å². The minimum absolute atomic E-state index is 0.122. The van der Waals surface area contributed by atoms with E-state index in [0.29, 0.717) is 34.7 Å². The summed E-state index contributed by atoms with van der Waals surface area (Å²) in [5, 5.41) is 5.90. The van der Waals surface area contributed by atoms with Crippen molar-refractivity contribution in [3.05, 3.63) is 22.2 Å². The number of methoxy groups -OCH3 is 1. The molecule has 2 N–H and O–H groups in total. The maximum atomic E-state index is 12.0. The molecule has 0 bridgehead atoms. The van der Waals surface area contributed by atoms with Crippen LogP contribution in [0.25, 0.3) is 0 Å². The number of carbonyl (C=O) groups is 1. The van der Waals surface area contributed by atoms with Crippen LogP contribution in [0.1, 0.15) is 23.7 Å². The highest BCUT2D eigenvalue weighted by Gasteiger charge is 2.15. The van der Waals surface area contributed by atoms with Crippen LogP contribution in [0.5, 0.6) is 11.5 Å². The first kappa shape index (κ1) is 16.8. The Morgan fingerprint density at radius 1 is 1.35 bits per heavy atom. The van der Waals surface area contributed by atoms with Crippen molar-refractivity contribution in [1.82, 2.24) is 10.6 Å². The van der Waals surface area contributed by atoms with Gasteiger partial charge >= 0.3 is 0 Å². The molecule has 5 nitrogen and oxygen atoms in total. The molecule has 0 saturated carbocycles. The van der Waals surface area contributed by atoms with Crippen molar-refractivity contribution in [3.63, 3.8) is 0 Å². The molecule has 0 heterocycles. The summed E-state index contributed by atoms with van der Waals surface area (Å²) in [5.74, 6) is 1.03. The van der Waals surface area contributed by atoms with Gasteiger partial charge in [-0.05, 0) is 55.0 Å². The van der Waals surface area contributed by atoms with E-state index in [4.69, 9.17) is 9.47 Å². The molecule has 0 spiro atoms. The molecule has 0 aliphatic heterocycles. The molecule has 1 aromatic carbocycles. The van der Waals surface area contributed by atoms with Gasteiger partial charge in [0.15, 0.2) is 11.5 Å². The molecule has 1 amide bonds. The Labute approximate surface area is 128 Å². The molecular formula is C14H21BrN2O3. The molecule has 1 aromatic rings. The largest absolute Gasteiger partial charge is 0.493 e. The Kier molecular flexibility index (Phi) is 7.40. The van der Waals surface area contributed by atoms with Gasteiger partial charge in [0.2, 0.25) is 0 Å². The highest BCUT2D eigenvalue weighted by molar-refractivity contribution is 9.10. The maximum absolute atomic E-state index is 12.0. The lowest BCUT2D eigenvalue weighted by Crippen LogP contribution is -2.26. The minimum Gasteiger partial charge on any atom is -0.493 e. The summed E-state index contributed by atoms with van der Waals surface area (Å²) >= 11 is 3.41. The van der Waals surface area contributed by atoms with Gasteiger partial charge in [-0.3, -0.25) is 4.79 Å². The van der Waals surface area contributed by atoms with Crippen molar-refractivity contribution in [1.29, 1.82) is 0 Å². The maximum Gasteiger partial charge on any atom is 0.251 e. The van der Waals surface area contributed by atoms with Gasteiger partial charge in [0.25, 0.3) is 5.91 Å². The number of carbonyl (C=O) groups excluding carboxylic acids is 1. The van der Waals surface area contributed by atoms with Crippen LogP contribution in [-0.4, -0.2) is 39.8 Å². The first-order valence-electron chi connectivity index (χ1n) is 6.57. The number of benzene rings is 1. The highest BCUT2D eigenvalue weighted by Crippen LogP contribution is 2.36. The zero-order chi connectivity index (χ0) is 15.0. The second kappa shape index (κ2) is 8.81. The van der Waals surface area contributed by atoms with Crippen LogP contribution in [0.15, 0.2) is 16.6 Å². The van der Waals surface area contributed by atoms with Crippen molar-refractivity contribution in [2.75, 3.05) is 33.9 Å². The van der Waals surface area contributed by atoms with E-state index in [2.05, 4.69) is 26.6 Å². The Hall–Kier alpha value is -1.27. The van der Waals surface area contributed by atoms with E-state index in [1.54, 1.807) is 19.2 Å². The smallest absolute Gasteiger partial charge is 0.251 e. The normalized spacial score (nSPS) is 10.2. The van der Waals surface area contributed by atoms with Crippen molar-refractivity contribution < 1.29 is 14.3 Å². The zero-order valence-electron chi connectivity index (χ0n) is 12.1. The average Bonchev–Trinajstić information content (AvgIpc) is 2.45. The SMILES string of the molecule is CCOc1c(Br)cc(C(=O)NCCCNC)cc1OC. The summed E-state index contributed by atoms with van der Waals surface area (Å²) in [6, 6.07) is 3.42. The predicted molar refractivity (Wildman–Crippen MR) is 82.7 cm³/mol. The standard InChI is InChI=1S/C14H21BrN2O3/c1-4-20-13-11(15)8-10(9-12(13)19-3)14(18)17-7-5-6-16-2/h8-9,16H,4-7H2,1-3H3,(H,17,18). The first-order valence-corrected chi connectivity index (χ1v) is 7.36. The lowest BCUT2D eigenvalue weighted by molar-refractivity contribution is 0.0953. The third kappa shape index (κ3) is 4.68. The number of rotatable bonds is 8. The molecule has 0 unspecified atom stereocenters. The van der Waals surface area contributed by atoms with E-state index in [0.717, 1.165) is 13.0 Å². The summed E-state index contributed by atoms with van der Waals surface area (Å²) in [6.45, 7) is 3.93. The van der Waals surface area contributed by atoms with Gasteiger partial charge in [-0.25, -0.2) is 0 Å². The van der Waals surface area contributed by atoms with Crippen LogP contribution >= 0.6 is 15.9 Å². The van der Waals surface area contributed by atoms with E-state index in [9.17, 15) is 4.79 Å². The topological polar surface area (TPSA) is 59.6 Å². The third-order valence-electron chi connectivity index (χ3n) is 2.67. The Morgan fingerprint density at radius 3 is 2.70 bits per heavy atom.